The molecule has 10 nitrogen and oxygen atoms in total. The third kappa shape index (κ3) is 2.68. The highest BCUT2D eigenvalue weighted by Crippen LogP contribution is 2.15. The summed E-state index contributed by atoms with van der Waals surface area (Å²) in [4.78, 5) is 17.0. The molecule has 0 radical (unpaired) electrons. The highest BCUT2D eigenvalue weighted by Gasteiger charge is 2.13. The summed E-state index contributed by atoms with van der Waals surface area (Å²) >= 11 is 0. The summed E-state index contributed by atoms with van der Waals surface area (Å²) in [6.07, 6.45) is 5.52. The van der Waals surface area contributed by atoms with Gasteiger partial charge in [-0.15, -0.1) is 5.10 Å². The Bertz CT molecular complexity index is 716. The smallest absolute Gasteiger partial charge is 0.257 e. The van der Waals surface area contributed by atoms with E-state index in [9.17, 15) is 0 Å². The Morgan fingerprint density at radius 2 is 2.14 bits per heavy atom. The van der Waals surface area contributed by atoms with Gasteiger partial charge in [-0.2, -0.15) is 24.7 Å². The highest BCUT2D eigenvalue weighted by atomic mass is 15.4. The van der Waals surface area contributed by atoms with Gasteiger partial charge in [-0.05, 0) is 6.42 Å². The maximum atomic E-state index is 4.39. The van der Waals surface area contributed by atoms with E-state index in [1.54, 1.807) is 17.9 Å². The van der Waals surface area contributed by atoms with Crippen LogP contribution in [0.25, 0.3) is 17.5 Å². The first-order valence-corrected chi connectivity index (χ1v) is 6.48. The summed E-state index contributed by atoms with van der Waals surface area (Å²) in [6, 6.07) is 0. The SMILES string of the molecule is CCCNc1nc(-c2cnnn2C)nc(-n2cncn2)n1. The van der Waals surface area contributed by atoms with E-state index in [1.807, 2.05) is 0 Å². The average molecular weight is 286 g/mol. The van der Waals surface area contributed by atoms with Crippen molar-refractivity contribution >= 4 is 5.95 Å². The van der Waals surface area contributed by atoms with Gasteiger partial charge in [0, 0.05) is 13.6 Å². The van der Waals surface area contributed by atoms with Crippen LogP contribution in [0.2, 0.25) is 0 Å². The van der Waals surface area contributed by atoms with Crippen LogP contribution in [0.15, 0.2) is 18.9 Å². The van der Waals surface area contributed by atoms with Crippen molar-refractivity contribution in [1.29, 1.82) is 0 Å². The van der Waals surface area contributed by atoms with Crippen molar-refractivity contribution in [3.8, 4) is 17.5 Å². The van der Waals surface area contributed by atoms with Crippen LogP contribution in [0.4, 0.5) is 5.95 Å². The minimum Gasteiger partial charge on any atom is -0.354 e. The van der Waals surface area contributed by atoms with Crippen molar-refractivity contribution in [2.45, 2.75) is 13.3 Å². The Balaban J connectivity index is 2.07. The Morgan fingerprint density at radius 1 is 1.24 bits per heavy atom. The molecule has 0 unspecified atom stereocenters. The molecule has 0 aliphatic carbocycles. The minimum atomic E-state index is 0.386. The molecule has 1 N–H and O–H groups in total. The van der Waals surface area contributed by atoms with Crippen LogP contribution < -0.4 is 5.32 Å². The molecule has 0 aliphatic heterocycles. The first-order valence-electron chi connectivity index (χ1n) is 6.48. The molecule has 0 aliphatic rings. The summed E-state index contributed by atoms with van der Waals surface area (Å²) in [6.45, 7) is 2.84. The molecule has 0 saturated heterocycles. The van der Waals surface area contributed by atoms with Crippen molar-refractivity contribution in [3.63, 3.8) is 0 Å². The van der Waals surface area contributed by atoms with Crippen molar-refractivity contribution in [2.24, 2.45) is 7.05 Å². The Kier molecular flexibility index (Phi) is 3.50. The maximum Gasteiger partial charge on any atom is 0.257 e. The fourth-order valence-corrected chi connectivity index (χ4v) is 1.70. The number of hydrogen-bond donors (Lipinski definition) is 1. The summed E-state index contributed by atoms with van der Waals surface area (Å²) < 4.78 is 3.08. The summed E-state index contributed by atoms with van der Waals surface area (Å²) in [5.41, 5.74) is 0.693. The molecule has 3 aromatic heterocycles. The molecule has 0 amide bonds. The van der Waals surface area contributed by atoms with Crippen molar-refractivity contribution in [2.75, 3.05) is 11.9 Å². The van der Waals surface area contributed by atoms with E-state index >= 15 is 0 Å². The average Bonchev–Trinajstić information content (AvgIpc) is 3.16. The molecule has 10 heteroatoms. The predicted molar refractivity (Wildman–Crippen MR) is 73.5 cm³/mol. The Morgan fingerprint density at radius 3 is 2.81 bits per heavy atom. The van der Waals surface area contributed by atoms with Gasteiger partial charge in [0.1, 0.15) is 18.3 Å². The topological polar surface area (TPSA) is 112 Å². The summed E-state index contributed by atoms with van der Waals surface area (Å²) in [7, 11) is 1.78. The number of rotatable bonds is 5. The van der Waals surface area contributed by atoms with Crippen molar-refractivity contribution in [3.05, 3.63) is 18.9 Å². The van der Waals surface area contributed by atoms with Crippen LogP contribution in [0.1, 0.15) is 13.3 Å². The summed E-state index contributed by atoms with van der Waals surface area (Å²) in [5, 5.41) is 14.9. The maximum absolute atomic E-state index is 4.39. The number of nitrogens with one attached hydrogen (secondary N) is 1. The molecule has 0 fully saturated rings. The second-order valence-electron chi connectivity index (χ2n) is 4.29. The van der Waals surface area contributed by atoms with Crippen LogP contribution in [-0.2, 0) is 7.05 Å². The lowest BCUT2D eigenvalue weighted by molar-refractivity contribution is 0.714. The second kappa shape index (κ2) is 5.61. The molecule has 0 spiro atoms. The van der Waals surface area contributed by atoms with Crippen molar-refractivity contribution in [1.82, 2.24) is 44.7 Å². The zero-order valence-electron chi connectivity index (χ0n) is 11.7. The van der Waals surface area contributed by atoms with E-state index in [0.717, 1.165) is 13.0 Å². The number of anilines is 1. The fourth-order valence-electron chi connectivity index (χ4n) is 1.70. The largest absolute Gasteiger partial charge is 0.354 e. The molecule has 0 bridgehead atoms. The lowest BCUT2D eigenvalue weighted by Gasteiger charge is -2.07. The van der Waals surface area contributed by atoms with Gasteiger partial charge in [-0.1, -0.05) is 12.1 Å². The zero-order valence-corrected chi connectivity index (χ0v) is 11.7. The van der Waals surface area contributed by atoms with Gasteiger partial charge in [0.2, 0.25) is 5.95 Å². The lowest BCUT2D eigenvalue weighted by Crippen LogP contribution is -2.11. The van der Waals surface area contributed by atoms with E-state index in [1.165, 1.54) is 17.3 Å². The van der Waals surface area contributed by atoms with E-state index in [4.69, 9.17) is 0 Å². The second-order valence-corrected chi connectivity index (χ2v) is 4.29. The van der Waals surface area contributed by atoms with E-state index in [2.05, 4.69) is 47.6 Å². The first kappa shape index (κ1) is 13.1. The fraction of sp³-hybridized carbons (Fsp3) is 0.364. The Hall–Kier alpha value is -2.91. The van der Waals surface area contributed by atoms with Gasteiger partial charge in [-0.25, -0.2) is 9.67 Å². The van der Waals surface area contributed by atoms with Gasteiger partial charge in [-0.3, -0.25) is 0 Å². The van der Waals surface area contributed by atoms with Gasteiger partial charge < -0.3 is 5.32 Å². The van der Waals surface area contributed by atoms with E-state index in [0.29, 0.717) is 23.4 Å². The molecule has 3 heterocycles. The zero-order chi connectivity index (χ0) is 14.7. The first-order chi connectivity index (χ1) is 10.3. The Labute approximate surface area is 120 Å². The number of aryl methyl sites for hydroxylation is 1. The highest BCUT2D eigenvalue weighted by molar-refractivity contribution is 5.50. The normalized spacial score (nSPS) is 10.8. The molecule has 0 aromatic carbocycles. The van der Waals surface area contributed by atoms with E-state index < -0.39 is 0 Å². The van der Waals surface area contributed by atoms with Crippen LogP contribution in [0, 0.1) is 0 Å². The summed E-state index contributed by atoms with van der Waals surface area (Å²) in [5.74, 6) is 1.34. The van der Waals surface area contributed by atoms with E-state index in [-0.39, 0.29) is 0 Å². The monoisotopic (exact) mass is 286 g/mol. The van der Waals surface area contributed by atoms with Crippen LogP contribution >= 0.6 is 0 Å². The predicted octanol–water partition coefficient (Wildman–Crippen LogP) is 0.0697. The van der Waals surface area contributed by atoms with Gasteiger partial charge in [0.25, 0.3) is 5.95 Å². The lowest BCUT2D eigenvalue weighted by atomic mass is 10.4. The third-order valence-electron chi connectivity index (χ3n) is 2.72. The molecule has 3 rings (SSSR count). The van der Waals surface area contributed by atoms with Crippen molar-refractivity contribution < 1.29 is 0 Å². The molecule has 21 heavy (non-hydrogen) atoms. The van der Waals surface area contributed by atoms with Gasteiger partial charge in [0.05, 0.1) is 6.20 Å². The molecule has 108 valence electrons. The number of hydrogen-bond acceptors (Lipinski definition) is 8. The van der Waals surface area contributed by atoms with Crippen LogP contribution in [0.3, 0.4) is 0 Å². The molecular formula is C11H14N10. The molecule has 3 aromatic rings. The van der Waals surface area contributed by atoms with Crippen LogP contribution in [-0.4, -0.2) is 51.3 Å². The number of nitrogens with zero attached hydrogens (tertiary/aromatic N) is 9. The number of aromatic nitrogens is 9. The molecular weight excluding hydrogens is 272 g/mol. The molecule has 0 saturated carbocycles. The van der Waals surface area contributed by atoms with Gasteiger partial charge in [0.15, 0.2) is 5.82 Å². The molecule has 0 atom stereocenters. The van der Waals surface area contributed by atoms with Crippen LogP contribution in [0.5, 0.6) is 0 Å². The third-order valence-corrected chi connectivity index (χ3v) is 2.72. The minimum absolute atomic E-state index is 0.386. The standard InChI is InChI=1S/C11H14N10/c1-3-4-13-10-16-9(8-5-14-19-20(8)2)17-11(18-10)21-7-12-6-15-21/h5-7H,3-4H2,1-2H3,(H,13,16,17,18). The van der Waals surface area contributed by atoms with Gasteiger partial charge >= 0.3 is 0 Å². The quantitative estimate of drug-likeness (QED) is 0.701.